The van der Waals surface area contributed by atoms with Gasteiger partial charge >= 0.3 is 0 Å². The summed E-state index contributed by atoms with van der Waals surface area (Å²) in [6, 6.07) is 5.77. The van der Waals surface area contributed by atoms with Gasteiger partial charge in [0.05, 0.1) is 0 Å². The van der Waals surface area contributed by atoms with Crippen LogP contribution in [0.5, 0.6) is 11.5 Å². The molecule has 0 saturated heterocycles. The lowest BCUT2D eigenvalue weighted by molar-refractivity contribution is 0.0947. The predicted molar refractivity (Wildman–Crippen MR) is 117 cm³/mol. The zero-order valence-corrected chi connectivity index (χ0v) is 17.9. The molecule has 8 heteroatoms. The van der Waals surface area contributed by atoms with Crippen molar-refractivity contribution in [3.8, 4) is 11.5 Å². The standard InChI is InChI=1S/C24H27N3O5/c28-22-18(23(29)25-11-15-6-9-20-21(10-15)32-14-31-20)12-27(17-4-2-1-3-5-17)13-19(22)24(30)26-16-7-8-16/h6,9-10,12-13,16-17H,1-5,7-8,11,14H2,(H,25,29)(H,26,30). The Bertz CT molecular complexity index is 1100. The van der Waals surface area contributed by atoms with E-state index in [-0.39, 0.29) is 36.5 Å². The first-order valence-electron chi connectivity index (χ1n) is 11.3. The van der Waals surface area contributed by atoms with Crippen LogP contribution in [0, 0.1) is 0 Å². The van der Waals surface area contributed by atoms with Crippen LogP contribution < -0.4 is 25.5 Å². The number of carbonyl (C=O) groups excluding carboxylic acids is 2. The third-order valence-electron chi connectivity index (χ3n) is 6.33. The summed E-state index contributed by atoms with van der Waals surface area (Å²) in [7, 11) is 0. The molecule has 1 aromatic carbocycles. The van der Waals surface area contributed by atoms with E-state index in [1.807, 2.05) is 16.7 Å². The monoisotopic (exact) mass is 437 g/mol. The fraction of sp³-hybridized carbons (Fsp3) is 0.458. The number of hydrogen-bond acceptors (Lipinski definition) is 5. The largest absolute Gasteiger partial charge is 0.454 e. The van der Waals surface area contributed by atoms with Gasteiger partial charge in [0, 0.05) is 31.0 Å². The number of fused-ring (bicyclic) bond motifs is 1. The van der Waals surface area contributed by atoms with Crippen molar-refractivity contribution in [2.75, 3.05) is 6.79 Å². The molecule has 2 aliphatic carbocycles. The van der Waals surface area contributed by atoms with Crippen molar-refractivity contribution in [3.05, 3.63) is 57.5 Å². The number of hydrogen-bond donors (Lipinski definition) is 2. The first-order valence-corrected chi connectivity index (χ1v) is 11.3. The van der Waals surface area contributed by atoms with Crippen molar-refractivity contribution >= 4 is 11.8 Å². The van der Waals surface area contributed by atoms with Crippen LogP contribution in [-0.2, 0) is 6.54 Å². The quantitative estimate of drug-likeness (QED) is 0.724. The summed E-state index contributed by atoms with van der Waals surface area (Å²) in [5.74, 6) is 0.422. The van der Waals surface area contributed by atoms with Gasteiger partial charge in [0.25, 0.3) is 11.8 Å². The highest BCUT2D eigenvalue weighted by Crippen LogP contribution is 2.32. The number of benzene rings is 1. The van der Waals surface area contributed by atoms with E-state index >= 15 is 0 Å². The van der Waals surface area contributed by atoms with Gasteiger partial charge in [-0.15, -0.1) is 0 Å². The van der Waals surface area contributed by atoms with Crippen molar-refractivity contribution in [1.82, 2.24) is 15.2 Å². The molecule has 3 aliphatic rings. The second kappa shape index (κ2) is 8.68. The van der Waals surface area contributed by atoms with Gasteiger partial charge in [-0.1, -0.05) is 25.3 Å². The van der Waals surface area contributed by atoms with Gasteiger partial charge in [-0.2, -0.15) is 0 Å². The molecule has 0 unspecified atom stereocenters. The molecule has 8 nitrogen and oxygen atoms in total. The van der Waals surface area contributed by atoms with Crippen LogP contribution in [0.1, 0.15) is 77.3 Å². The number of amides is 2. The van der Waals surface area contributed by atoms with Crippen LogP contribution in [0.3, 0.4) is 0 Å². The number of nitrogens with one attached hydrogen (secondary N) is 2. The van der Waals surface area contributed by atoms with Crippen LogP contribution in [-0.4, -0.2) is 29.2 Å². The van der Waals surface area contributed by atoms with Gasteiger partial charge in [0.1, 0.15) is 11.1 Å². The fourth-order valence-electron chi connectivity index (χ4n) is 4.33. The minimum absolute atomic E-state index is 0.000219. The smallest absolute Gasteiger partial charge is 0.257 e. The van der Waals surface area contributed by atoms with Crippen LogP contribution in [0.25, 0.3) is 0 Å². The van der Waals surface area contributed by atoms with E-state index in [0.717, 1.165) is 44.1 Å². The van der Waals surface area contributed by atoms with Crippen LogP contribution in [0.2, 0.25) is 0 Å². The second-order valence-electron chi connectivity index (χ2n) is 8.77. The number of aromatic nitrogens is 1. The molecule has 0 atom stereocenters. The summed E-state index contributed by atoms with van der Waals surface area (Å²) in [6.45, 7) is 0.415. The minimum atomic E-state index is -0.529. The third kappa shape index (κ3) is 4.35. The lowest BCUT2D eigenvalue weighted by Gasteiger charge is -2.25. The molecule has 32 heavy (non-hydrogen) atoms. The molecule has 0 radical (unpaired) electrons. The third-order valence-corrected chi connectivity index (χ3v) is 6.33. The van der Waals surface area contributed by atoms with Gasteiger partial charge in [0.15, 0.2) is 11.5 Å². The van der Waals surface area contributed by atoms with Gasteiger partial charge in [-0.3, -0.25) is 14.4 Å². The molecule has 2 saturated carbocycles. The molecular weight excluding hydrogens is 410 g/mol. The van der Waals surface area contributed by atoms with Gasteiger partial charge < -0.3 is 24.7 Å². The Balaban J connectivity index is 1.39. The molecular formula is C24H27N3O5. The molecule has 2 aromatic rings. The SMILES string of the molecule is O=C(NCc1ccc2c(c1)OCO2)c1cn(C2CCCCC2)cc(C(=O)NC2CC2)c1=O. The summed E-state index contributed by atoms with van der Waals surface area (Å²) in [5, 5.41) is 5.70. The van der Waals surface area contributed by atoms with E-state index in [9.17, 15) is 14.4 Å². The predicted octanol–water partition coefficient (Wildman–Crippen LogP) is 2.90. The van der Waals surface area contributed by atoms with E-state index in [0.29, 0.717) is 11.5 Å². The van der Waals surface area contributed by atoms with E-state index in [2.05, 4.69) is 10.6 Å². The highest BCUT2D eigenvalue weighted by Gasteiger charge is 2.27. The van der Waals surface area contributed by atoms with Crippen molar-refractivity contribution < 1.29 is 19.1 Å². The summed E-state index contributed by atoms with van der Waals surface area (Å²) in [4.78, 5) is 38.8. The topological polar surface area (TPSA) is 98.7 Å². The highest BCUT2D eigenvalue weighted by atomic mass is 16.7. The molecule has 2 amide bonds. The van der Waals surface area contributed by atoms with Crippen molar-refractivity contribution in [2.45, 2.75) is 63.6 Å². The second-order valence-corrected chi connectivity index (χ2v) is 8.77. The minimum Gasteiger partial charge on any atom is -0.454 e. The summed E-state index contributed by atoms with van der Waals surface area (Å²) >= 11 is 0. The lowest BCUT2D eigenvalue weighted by atomic mass is 9.95. The average molecular weight is 437 g/mol. The summed E-state index contributed by atoms with van der Waals surface area (Å²) in [6.07, 6.45) is 10.4. The zero-order chi connectivity index (χ0) is 22.1. The molecule has 2 fully saturated rings. The lowest BCUT2D eigenvalue weighted by Crippen LogP contribution is -2.36. The zero-order valence-electron chi connectivity index (χ0n) is 17.9. The maximum atomic E-state index is 13.1. The van der Waals surface area contributed by atoms with Gasteiger partial charge in [0.2, 0.25) is 12.2 Å². The number of carbonyl (C=O) groups is 2. The Morgan fingerprint density at radius 3 is 2.41 bits per heavy atom. The van der Waals surface area contributed by atoms with Crippen LogP contribution >= 0.6 is 0 Å². The van der Waals surface area contributed by atoms with E-state index in [4.69, 9.17) is 9.47 Å². The highest BCUT2D eigenvalue weighted by molar-refractivity contribution is 5.99. The maximum absolute atomic E-state index is 13.1. The molecule has 0 spiro atoms. The van der Waals surface area contributed by atoms with E-state index < -0.39 is 17.2 Å². The van der Waals surface area contributed by atoms with E-state index in [1.54, 1.807) is 18.5 Å². The maximum Gasteiger partial charge on any atom is 0.257 e. The van der Waals surface area contributed by atoms with Crippen LogP contribution in [0.4, 0.5) is 0 Å². The molecule has 2 heterocycles. The Hall–Kier alpha value is -3.29. The van der Waals surface area contributed by atoms with Gasteiger partial charge in [-0.25, -0.2) is 0 Å². The summed E-state index contributed by atoms with van der Waals surface area (Å²) < 4.78 is 12.6. The first-order chi connectivity index (χ1) is 15.6. The summed E-state index contributed by atoms with van der Waals surface area (Å²) in [5.41, 5.74) is 0.342. The Kier molecular flexibility index (Phi) is 5.59. The normalized spacial score (nSPS) is 17.8. The average Bonchev–Trinajstić information content (AvgIpc) is 3.50. The van der Waals surface area contributed by atoms with Crippen molar-refractivity contribution in [2.24, 2.45) is 0 Å². The van der Waals surface area contributed by atoms with Crippen molar-refractivity contribution in [3.63, 3.8) is 0 Å². The molecule has 5 rings (SSSR count). The fourth-order valence-corrected chi connectivity index (χ4v) is 4.33. The first kappa shape index (κ1) is 20.6. The molecule has 0 bridgehead atoms. The number of rotatable bonds is 6. The Labute approximate surface area is 185 Å². The molecule has 2 N–H and O–H groups in total. The van der Waals surface area contributed by atoms with Gasteiger partial charge in [-0.05, 0) is 43.4 Å². The van der Waals surface area contributed by atoms with E-state index in [1.165, 1.54) is 6.42 Å². The Morgan fingerprint density at radius 1 is 0.938 bits per heavy atom. The number of pyridine rings is 1. The Morgan fingerprint density at radius 2 is 1.66 bits per heavy atom. The molecule has 1 aromatic heterocycles. The molecule has 1 aliphatic heterocycles. The van der Waals surface area contributed by atoms with Crippen LogP contribution in [0.15, 0.2) is 35.4 Å². The van der Waals surface area contributed by atoms with Crippen molar-refractivity contribution in [1.29, 1.82) is 0 Å². The number of nitrogens with zero attached hydrogens (tertiary/aromatic N) is 1. The molecule has 168 valence electrons. The number of ether oxygens (including phenoxy) is 2.